The van der Waals surface area contributed by atoms with E-state index in [1.165, 1.54) is 13.8 Å². The van der Waals surface area contributed by atoms with Crippen LogP contribution in [0.15, 0.2) is 5.10 Å². The second-order valence-electron chi connectivity index (χ2n) is 3.39. The first kappa shape index (κ1) is 12.0. The number of halogens is 3. The van der Waals surface area contributed by atoms with E-state index in [1.807, 2.05) is 0 Å². The van der Waals surface area contributed by atoms with Gasteiger partial charge < -0.3 is 5.11 Å². The van der Waals surface area contributed by atoms with Crippen LogP contribution in [0, 0.1) is 0 Å². The number of nitrogens with zero attached hydrogens (tertiary/aromatic N) is 2. The lowest BCUT2D eigenvalue weighted by molar-refractivity contribution is -0.302. The number of aliphatic hydroxyl groups is 1. The third-order valence-corrected chi connectivity index (χ3v) is 2.12. The fraction of sp³-hybridized carbons (Fsp3) is 0.750. The predicted octanol–water partition coefficient (Wildman–Crippen LogP) is 1.26. The standard InChI is InChI=1S/C8H11F3N2O2/c1-3-6(14)13-7(15,8(9,10)11)4-5(2)12-13/h15H,3-4H2,1-2H3. The number of amides is 1. The molecule has 0 saturated carbocycles. The number of hydrogen-bond acceptors (Lipinski definition) is 3. The quantitative estimate of drug-likeness (QED) is 0.728. The smallest absolute Gasteiger partial charge is 0.362 e. The summed E-state index contributed by atoms with van der Waals surface area (Å²) in [7, 11) is 0. The number of alkyl halides is 3. The Hall–Kier alpha value is -1.11. The molecule has 1 aliphatic heterocycles. The van der Waals surface area contributed by atoms with Crippen molar-refractivity contribution in [1.82, 2.24) is 5.01 Å². The Morgan fingerprint density at radius 1 is 1.67 bits per heavy atom. The number of carbonyl (C=O) groups excluding carboxylic acids is 1. The molecule has 0 aliphatic carbocycles. The van der Waals surface area contributed by atoms with Gasteiger partial charge in [0.15, 0.2) is 0 Å². The summed E-state index contributed by atoms with van der Waals surface area (Å²) in [5, 5.41) is 13.0. The van der Waals surface area contributed by atoms with Crippen LogP contribution in [0.1, 0.15) is 26.7 Å². The first-order valence-corrected chi connectivity index (χ1v) is 4.38. The number of hydrogen-bond donors (Lipinski definition) is 1. The highest BCUT2D eigenvalue weighted by molar-refractivity contribution is 5.88. The largest absolute Gasteiger partial charge is 0.438 e. The number of rotatable bonds is 1. The van der Waals surface area contributed by atoms with Crippen LogP contribution in [0.4, 0.5) is 13.2 Å². The Morgan fingerprint density at radius 3 is 2.60 bits per heavy atom. The molecular weight excluding hydrogens is 213 g/mol. The van der Waals surface area contributed by atoms with E-state index in [0.29, 0.717) is 0 Å². The Balaban J connectivity index is 3.07. The van der Waals surface area contributed by atoms with E-state index in [0.717, 1.165) is 0 Å². The minimum absolute atomic E-state index is 0.0802. The molecule has 1 aliphatic rings. The highest BCUT2D eigenvalue weighted by atomic mass is 19.4. The minimum atomic E-state index is -4.90. The van der Waals surface area contributed by atoms with Crippen LogP contribution in [0.2, 0.25) is 0 Å². The van der Waals surface area contributed by atoms with Crippen molar-refractivity contribution < 1.29 is 23.1 Å². The van der Waals surface area contributed by atoms with Gasteiger partial charge in [-0.15, -0.1) is 0 Å². The summed E-state index contributed by atoms with van der Waals surface area (Å²) in [6.07, 6.45) is -5.74. The molecule has 4 nitrogen and oxygen atoms in total. The molecule has 7 heteroatoms. The van der Waals surface area contributed by atoms with Gasteiger partial charge in [0.05, 0.1) is 0 Å². The number of carbonyl (C=O) groups is 1. The monoisotopic (exact) mass is 224 g/mol. The van der Waals surface area contributed by atoms with Gasteiger partial charge in [-0.25, -0.2) is 0 Å². The normalized spacial score (nSPS) is 26.8. The zero-order valence-corrected chi connectivity index (χ0v) is 8.30. The van der Waals surface area contributed by atoms with Gasteiger partial charge in [0, 0.05) is 18.6 Å². The SMILES string of the molecule is CCC(=O)N1N=C(C)CC1(O)C(F)(F)F. The van der Waals surface area contributed by atoms with Crippen LogP contribution in [0.5, 0.6) is 0 Å². The van der Waals surface area contributed by atoms with Gasteiger partial charge >= 0.3 is 6.18 Å². The zero-order chi connectivity index (χ0) is 11.9. The Kier molecular flexibility index (Phi) is 2.77. The van der Waals surface area contributed by atoms with Crippen LogP contribution in [-0.4, -0.2) is 33.6 Å². The lowest BCUT2D eigenvalue weighted by Crippen LogP contribution is -2.56. The van der Waals surface area contributed by atoms with E-state index in [1.54, 1.807) is 0 Å². The molecule has 1 amide bonds. The molecule has 0 aromatic heterocycles. The molecule has 1 atom stereocenters. The van der Waals surface area contributed by atoms with Crippen LogP contribution < -0.4 is 0 Å². The van der Waals surface area contributed by atoms with Crippen molar-refractivity contribution >= 4 is 11.6 Å². The summed E-state index contributed by atoms with van der Waals surface area (Å²) in [5.41, 5.74) is -3.10. The van der Waals surface area contributed by atoms with Crippen molar-refractivity contribution in [1.29, 1.82) is 0 Å². The Morgan fingerprint density at radius 2 is 2.20 bits per heavy atom. The van der Waals surface area contributed by atoms with Gasteiger partial charge in [-0.3, -0.25) is 4.79 Å². The van der Waals surface area contributed by atoms with Crippen molar-refractivity contribution in [2.75, 3.05) is 0 Å². The highest BCUT2D eigenvalue weighted by Gasteiger charge is 2.62. The second kappa shape index (κ2) is 3.48. The average molecular weight is 224 g/mol. The number of hydrazone groups is 1. The summed E-state index contributed by atoms with van der Waals surface area (Å²) in [4.78, 5) is 11.2. The molecule has 86 valence electrons. The molecule has 0 saturated heterocycles. The Bertz CT molecular complexity index is 313. The molecule has 1 N–H and O–H groups in total. The van der Waals surface area contributed by atoms with E-state index in [2.05, 4.69) is 5.10 Å². The maximum atomic E-state index is 12.5. The topological polar surface area (TPSA) is 52.9 Å². The van der Waals surface area contributed by atoms with Gasteiger partial charge in [-0.05, 0) is 6.92 Å². The molecule has 1 heterocycles. The van der Waals surface area contributed by atoms with Crippen LogP contribution in [0.25, 0.3) is 0 Å². The lowest BCUT2D eigenvalue weighted by atomic mass is 10.1. The van der Waals surface area contributed by atoms with E-state index in [9.17, 15) is 23.1 Å². The summed E-state index contributed by atoms with van der Waals surface area (Å²) in [6.45, 7) is 2.74. The molecule has 1 unspecified atom stereocenters. The molecule has 1 rings (SSSR count). The summed E-state index contributed by atoms with van der Waals surface area (Å²) in [5.74, 6) is -0.855. The van der Waals surface area contributed by atoms with E-state index in [-0.39, 0.29) is 17.1 Å². The third-order valence-electron chi connectivity index (χ3n) is 2.12. The highest BCUT2D eigenvalue weighted by Crippen LogP contribution is 2.40. The first-order chi connectivity index (χ1) is 6.72. The predicted molar refractivity (Wildman–Crippen MR) is 45.9 cm³/mol. The Labute approximate surface area is 84.4 Å². The van der Waals surface area contributed by atoms with Gasteiger partial charge in [-0.2, -0.15) is 23.3 Å². The summed E-state index contributed by atoms with van der Waals surface area (Å²) in [6, 6.07) is 0. The van der Waals surface area contributed by atoms with E-state index >= 15 is 0 Å². The van der Waals surface area contributed by atoms with Gasteiger partial charge in [0.2, 0.25) is 5.91 Å². The first-order valence-electron chi connectivity index (χ1n) is 4.38. The maximum Gasteiger partial charge on any atom is 0.438 e. The molecule has 0 bridgehead atoms. The van der Waals surface area contributed by atoms with Crippen molar-refractivity contribution in [2.24, 2.45) is 5.10 Å². The van der Waals surface area contributed by atoms with Crippen molar-refractivity contribution in [3.05, 3.63) is 0 Å². The fourth-order valence-electron chi connectivity index (χ4n) is 1.35. The average Bonchev–Trinajstić information content (AvgIpc) is 2.40. The van der Waals surface area contributed by atoms with Gasteiger partial charge in [0.25, 0.3) is 5.72 Å². The van der Waals surface area contributed by atoms with Crippen molar-refractivity contribution in [3.8, 4) is 0 Å². The van der Waals surface area contributed by atoms with E-state index < -0.39 is 24.2 Å². The fourth-order valence-corrected chi connectivity index (χ4v) is 1.35. The van der Waals surface area contributed by atoms with Crippen LogP contribution in [0.3, 0.4) is 0 Å². The molecule has 0 radical (unpaired) electrons. The molecule has 0 fully saturated rings. The summed E-state index contributed by atoms with van der Waals surface area (Å²) < 4.78 is 37.6. The van der Waals surface area contributed by atoms with Crippen LogP contribution in [-0.2, 0) is 4.79 Å². The molecule has 0 spiro atoms. The lowest BCUT2D eigenvalue weighted by Gasteiger charge is -2.32. The second-order valence-corrected chi connectivity index (χ2v) is 3.39. The van der Waals surface area contributed by atoms with Crippen molar-refractivity contribution in [3.63, 3.8) is 0 Å². The molecule has 0 aromatic carbocycles. The van der Waals surface area contributed by atoms with Crippen LogP contribution >= 0.6 is 0 Å². The van der Waals surface area contributed by atoms with Gasteiger partial charge in [-0.1, -0.05) is 6.92 Å². The third kappa shape index (κ3) is 1.83. The maximum absolute atomic E-state index is 12.5. The van der Waals surface area contributed by atoms with E-state index in [4.69, 9.17) is 0 Å². The molecule has 15 heavy (non-hydrogen) atoms. The van der Waals surface area contributed by atoms with Crippen molar-refractivity contribution in [2.45, 2.75) is 38.6 Å². The van der Waals surface area contributed by atoms with Gasteiger partial charge in [0.1, 0.15) is 0 Å². The zero-order valence-electron chi connectivity index (χ0n) is 8.30. The summed E-state index contributed by atoms with van der Waals surface area (Å²) >= 11 is 0. The molecular formula is C8H11F3N2O2. The minimum Gasteiger partial charge on any atom is -0.362 e. The molecule has 0 aromatic rings.